The lowest BCUT2D eigenvalue weighted by atomic mass is 10.0. The van der Waals surface area contributed by atoms with Crippen LogP contribution in [0.1, 0.15) is 22.3 Å². The molecule has 5 nitrogen and oxygen atoms in total. The number of likely N-dealkylation sites (N-methyl/N-ethyl adjacent to an activating group) is 1. The highest BCUT2D eigenvalue weighted by atomic mass is 32.2. The maximum Gasteiger partial charge on any atom is 0.176 e. The molecule has 0 saturated carbocycles. The first kappa shape index (κ1) is 14.5. The van der Waals surface area contributed by atoms with Gasteiger partial charge in [-0.2, -0.15) is 0 Å². The number of nitrogens with zero attached hydrogens (tertiary/aromatic N) is 1. The number of fused-ring (bicyclic) bond motifs is 1. The molecule has 6 heteroatoms. The quantitative estimate of drug-likeness (QED) is 0.774. The van der Waals surface area contributed by atoms with Gasteiger partial charge in [0.1, 0.15) is 5.75 Å². The van der Waals surface area contributed by atoms with Gasteiger partial charge in [0.05, 0.1) is 24.7 Å². The SMILES string of the molecule is CN(CC(=O)c1ccc2c(c1)CCO2)C1CCS(=O)(=O)C1. The molecule has 2 heterocycles. The summed E-state index contributed by atoms with van der Waals surface area (Å²) in [6, 6.07) is 5.47. The summed E-state index contributed by atoms with van der Waals surface area (Å²) in [6.07, 6.45) is 1.46. The molecule has 1 atom stereocenters. The first-order valence-corrected chi connectivity index (χ1v) is 8.96. The molecule has 3 rings (SSSR count). The predicted octanol–water partition coefficient (Wildman–Crippen LogP) is 0.923. The number of Topliss-reactive ketones (excluding diaryl/α,β-unsaturated/α-hetero) is 1. The molecule has 114 valence electrons. The lowest BCUT2D eigenvalue weighted by Gasteiger charge is -2.22. The minimum Gasteiger partial charge on any atom is -0.493 e. The Labute approximate surface area is 124 Å². The molecule has 1 unspecified atom stereocenters. The van der Waals surface area contributed by atoms with E-state index in [1.54, 1.807) is 6.07 Å². The second-order valence-electron chi connectivity index (χ2n) is 5.82. The molecule has 1 fully saturated rings. The van der Waals surface area contributed by atoms with Gasteiger partial charge >= 0.3 is 0 Å². The topological polar surface area (TPSA) is 63.7 Å². The average molecular weight is 309 g/mol. The molecule has 0 bridgehead atoms. The van der Waals surface area contributed by atoms with Gasteiger partial charge in [0.15, 0.2) is 15.6 Å². The van der Waals surface area contributed by atoms with Crippen LogP contribution in [0.2, 0.25) is 0 Å². The van der Waals surface area contributed by atoms with Crippen molar-refractivity contribution < 1.29 is 17.9 Å². The highest BCUT2D eigenvalue weighted by Gasteiger charge is 2.31. The number of hydrogen-bond acceptors (Lipinski definition) is 5. The monoisotopic (exact) mass is 309 g/mol. The normalized spacial score (nSPS) is 23.0. The molecule has 2 aliphatic rings. The summed E-state index contributed by atoms with van der Waals surface area (Å²) in [5.41, 5.74) is 1.75. The van der Waals surface area contributed by atoms with Crippen LogP contribution in [-0.4, -0.2) is 56.8 Å². The highest BCUT2D eigenvalue weighted by molar-refractivity contribution is 7.91. The van der Waals surface area contributed by atoms with E-state index in [1.165, 1.54) is 0 Å². The first-order chi connectivity index (χ1) is 9.94. The number of carbonyl (C=O) groups is 1. The Morgan fingerprint density at radius 2 is 2.24 bits per heavy atom. The van der Waals surface area contributed by atoms with Gasteiger partial charge < -0.3 is 4.74 Å². The van der Waals surface area contributed by atoms with Gasteiger partial charge in [0.25, 0.3) is 0 Å². The van der Waals surface area contributed by atoms with Crippen LogP contribution >= 0.6 is 0 Å². The summed E-state index contributed by atoms with van der Waals surface area (Å²) in [5, 5.41) is 0. The Bertz CT molecular complexity index is 668. The maximum absolute atomic E-state index is 12.3. The van der Waals surface area contributed by atoms with Gasteiger partial charge in [-0.1, -0.05) is 0 Å². The van der Waals surface area contributed by atoms with Crippen molar-refractivity contribution in [1.82, 2.24) is 4.90 Å². The van der Waals surface area contributed by atoms with Crippen molar-refractivity contribution in [1.29, 1.82) is 0 Å². The van der Waals surface area contributed by atoms with Crippen molar-refractivity contribution in [3.63, 3.8) is 0 Å². The van der Waals surface area contributed by atoms with E-state index >= 15 is 0 Å². The van der Waals surface area contributed by atoms with Crippen molar-refractivity contribution in [2.24, 2.45) is 0 Å². The third kappa shape index (κ3) is 3.11. The fourth-order valence-electron chi connectivity index (χ4n) is 2.93. The van der Waals surface area contributed by atoms with Crippen molar-refractivity contribution >= 4 is 15.6 Å². The second-order valence-corrected chi connectivity index (χ2v) is 8.04. The molecule has 0 radical (unpaired) electrons. The lowest BCUT2D eigenvalue weighted by Crippen LogP contribution is -2.36. The minimum absolute atomic E-state index is 0.0245. The van der Waals surface area contributed by atoms with Crippen LogP contribution in [0.5, 0.6) is 5.75 Å². The molecule has 0 aliphatic carbocycles. The number of rotatable bonds is 4. The van der Waals surface area contributed by atoms with Gasteiger partial charge in [-0.05, 0) is 37.2 Å². The Morgan fingerprint density at radius 3 is 2.95 bits per heavy atom. The fourth-order valence-corrected chi connectivity index (χ4v) is 4.74. The van der Waals surface area contributed by atoms with Crippen LogP contribution in [0, 0.1) is 0 Å². The third-order valence-corrected chi connectivity index (χ3v) is 5.99. The van der Waals surface area contributed by atoms with Crippen LogP contribution in [-0.2, 0) is 16.3 Å². The zero-order valence-corrected chi connectivity index (χ0v) is 12.9. The van der Waals surface area contributed by atoms with Gasteiger partial charge in [0.2, 0.25) is 0 Å². The molecule has 2 aliphatic heterocycles. The molecular formula is C15H19NO4S. The zero-order valence-electron chi connectivity index (χ0n) is 12.0. The lowest BCUT2D eigenvalue weighted by molar-refractivity contribution is 0.0926. The van der Waals surface area contributed by atoms with E-state index in [-0.39, 0.29) is 29.9 Å². The minimum atomic E-state index is -2.92. The van der Waals surface area contributed by atoms with E-state index in [9.17, 15) is 13.2 Å². The standard InChI is InChI=1S/C15H19NO4S/c1-16(13-5-7-21(18,19)10-13)9-14(17)11-2-3-15-12(8-11)4-6-20-15/h2-3,8,13H,4-7,9-10H2,1H3. The Morgan fingerprint density at radius 1 is 1.43 bits per heavy atom. The van der Waals surface area contributed by atoms with E-state index in [1.807, 2.05) is 24.1 Å². The van der Waals surface area contributed by atoms with E-state index in [2.05, 4.69) is 0 Å². The number of ketones is 1. The second kappa shape index (κ2) is 5.42. The molecule has 0 N–H and O–H groups in total. The van der Waals surface area contributed by atoms with E-state index < -0.39 is 9.84 Å². The number of hydrogen-bond donors (Lipinski definition) is 0. The molecule has 1 saturated heterocycles. The zero-order chi connectivity index (χ0) is 15.0. The van der Waals surface area contributed by atoms with Crippen molar-refractivity contribution in [2.75, 3.05) is 31.7 Å². The van der Waals surface area contributed by atoms with Crippen LogP contribution in [0.25, 0.3) is 0 Å². The van der Waals surface area contributed by atoms with Crippen molar-refractivity contribution in [3.05, 3.63) is 29.3 Å². The van der Waals surface area contributed by atoms with Gasteiger partial charge in [0, 0.05) is 18.0 Å². The summed E-state index contributed by atoms with van der Waals surface area (Å²) < 4.78 is 28.4. The van der Waals surface area contributed by atoms with E-state index in [0.29, 0.717) is 18.6 Å². The Kier molecular flexibility index (Phi) is 3.75. The first-order valence-electron chi connectivity index (χ1n) is 7.14. The third-order valence-electron chi connectivity index (χ3n) is 4.24. The van der Waals surface area contributed by atoms with Gasteiger partial charge in [-0.15, -0.1) is 0 Å². The molecule has 21 heavy (non-hydrogen) atoms. The Hall–Kier alpha value is -1.40. The highest BCUT2D eigenvalue weighted by Crippen LogP contribution is 2.26. The molecule has 1 aromatic rings. The maximum atomic E-state index is 12.3. The van der Waals surface area contributed by atoms with E-state index in [4.69, 9.17) is 4.74 Å². The summed E-state index contributed by atoms with van der Waals surface area (Å²) in [4.78, 5) is 14.2. The molecular weight excluding hydrogens is 290 g/mol. The summed E-state index contributed by atoms with van der Waals surface area (Å²) in [7, 11) is -1.10. The van der Waals surface area contributed by atoms with Gasteiger partial charge in [-0.3, -0.25) is 9.69 Å². The largest absolute Gasteiger partial charge is 0.493 e. The van der Waals surface area contributed by atoms with Crippen molar-refractivity contribution in [2.45, 2.75) is 18.9 Å². The fraction of sp³-hybridized carbons (Fsp3) is 0.533. The van der Waals surface area contributed by atoms with Crippen LogP contribution in [0.15, 0.2) is 18.2 Å². The molecule has 1 aromatic carbocycles. The smallest absolute Gasteiger partial charge is 0.176 e. The Balaban J connectivity index is 1.66. The predicted molar refractivity (Wildman–Crippen MR) is 79.7 cm³/mol. The molecule has 0 aromatic heterocycles. The van der Waals surface area contributed by atoms with E-state index in [0.717, 1.165) is 17.7 Å². The average Bonchev–Trinajstić information content (AvgIpc) is 3.03. The molecule has 0 amide bonds. The molecule has 0 spiro atoms. The number of carbonyl (C=O) groups excluding carboxylic acids is 1. The number of sulfone groups is 1. The summed E-state index contributed by atoms with van der Waals surface area (Å²) >= 11 is 0. The van der Waals surface area contributed by atoms with Crippen LogP contribution < -0.4 is 4.74 Å². The van der Waals surface area contributed by atoms with Crippen molar-refractivity contribution in [3.8, 4) is 5.75 Å². The summed E-state index contributed by atoms with van der Waals surface area (Å²) in [6.45, 7) is 0.923. The summed E-state index contributed by atoms with van der Waals surface area (Å²) in [5.74, 6) is 1.28. The van der Waals surface area contributed by atoms with Gasteiger partial charge in [-0.25, -0.2) is 8.42 Å². The number of benzene rings is 1. The number of ether oxygens (including phenoxy) is 1. The van der Waals surface area contributed by atoms with Crippen LogP contribution in [0.3, 0.4) is 0 Å². The van der Waals surface area contributed by atoms with Crippen LogP contribution in [0.4, 0.5) is 0 Å².